The van der Waals surface area contributed by atoms with E-state index in [9.17, 15) is 14.4 Å². The van der Waals surface area contributed by atoms with E-state index in [1.165, 1.54) is 24.2 Å². The lowest BCUT2D eigenvalue weighted by Gasteiger charge is -2.37. The monoisotopic (exact) mass is 525 g/mol. The molecule has 0 bridgehead atoms. The summed E-state index contributed by atoms with van der Waals surface area (Å²) in [5, 5.41) is 13.8. The number of likely N-dealkylation sites (tertiary alicyclic amines) is 1. The van der Waals surface area contributed by atoms with Gasteiger partial charge in [0, 0.05) is 23.8 Å². The van der Waals surface area contributed by atoms with Crippen LogP contribution in [0.4, 0.5) is 4.79 Å². The predicted molar refractivity (Wildman–Crippen MR) is 145 cm³/mol. The number of nitrogens with two attached hydrogens (primary N) is 1. The van der Waals surface area contributed by atoms with Gasteiger partial charge in [0.2, 0.25) is 11.8 Å². The standard InChI is InChI=1S/C26H47N5O4S/c1-16(2)15-36-26(5,6)21(30-25(34)35-17(3)4)24(33)31-14-19(22(27)28)12-20(31)23(32)29-13-18-10-8-7-9-11-18/h16-21H,7-15H2,1-6H3,(H3,27,28)(H,29,32)(H,30,34)/t19-,20+,21+/m1/s1. The van der Waals surface area contributed by atoms with Crippen LogP contribution in [0.1, 0.15) is 80.1 Å². The Bertz CT molecular complexity index is 782. The minimum Gasteiger partial charge on any atom is -0.447 e. The zero-order valence-corrected chi connectivity index (χ0v) is 23.7. The largest absolute Gasteiger partial charge is 0.447 e. The highest BCUT2D eigenvalue weighted by atomic mass is 32.2. The first-order valence-electron chi connectivity index (χ1n) is 13.3. The fourth-order valence-electron chi connectivity index (χ4n) is 4.84. The Morgan fingerprint density at radius 2 is 1.78 bits per heavy atom. The summed E-state index contributed by atoms with van der Waals surface area (Å²) in [4.78, 5) is 41.4. The molecule has 36 heavy (non-hydrogen) atoms. The molecule has 2 aliphatic rings. The number of hydrogen-bond acceptors (Lipinski definition) is 6. The third kappa shape index (κ3) is 8.85. The van der Waals surface area contributed by atoms with Crippen molar-refractivity contribution in [2.75, 3.05) is 18.8 Å². The lowest BCUT2D eigenvalue weighted by atomic mass is 9.89. The number of amides is 3. The van der Waals surface area contributed by atoms with Gasteiger partial charge in [-0.25, -0.2) is 4.79 Å². The number of amidine groups is 1. The Kier molecular flexibility index (Phi) is 11.4. The molecule has 10 heteroatoms. The Hall–Kier alpha value is -1.97. The second-order valence-corrected chi connectivity index (χ2v) is 13.2. The number of carbonyl (C=O) groups is 3. The molecule has 2 rings (SSSR count). The lowest BCUT2D eigenvalue weighted by molar-refractivity contribution is -0.140. The van der Waals surface area contributed by atoms with Crippen LogP contribution in [0.2, 0.25) is 0 Å². The molecule has 3 amide bonds. The van der Waals surface area contributed by atoms with Crippen molar-refractivity contribution in [2.24, 2.45) is 23.5 Å². The number of carbonyl (C=O) groups excluding carboxylic acids is 3. The van der Waals surface area contributed by atoms with Crippen molar-refractivity contribution in [1.82, 2.24) is 15.5 Å². The van der Waals surface area contributed by atoms with E-state index < -0.39 is 28.8 Å². The van der Waals surface area contributed by atoms with Crippen molar-refractivity contribution >= 4 is 35.5 Å². The molecule has 3 atom stereocenters. The average Bonchev–Trinajstić information content (AvgIpc) is 3.25. The molecule has 0 unspecified atom stereocenters. The molecule has 1 saturated carbocycles. The second-order valence-electron chi connectivity index (χ2n) is 11.5. The SMILES string of the molecule is CC(C)CSC(C)(C)[C@@H](NC(=O)OC(C)C)C(=O)N1C[C@H](C(=N)N)C[C@H]1C(=O)NCC1CCCCC1. The van der Waals surface area contributed by atoms with Crippen LogP contribution in [-0.2, 0) is 14.3 Å². The van der Waals surface area contributed by atoms with Crippen LogP contribution in [0.25, 0.3) is 0 Å². The van der Waals surface area contributed by atoms with E-state index in [0.29, 0.717) is 24.8 Å². The maximum absolute atomic E-state index is 14.0. The summed E-state index contributed by atoms with van der Waals surface area (Å²) in [6.45, 7) is 12.3. The van der Waals surface area contributed by atoms with Crippen molar-refractivity contribution in [1.29, 1.82) is 5.41 Å². The molecule has 0 aromatic rings. The molecule has 5 N–H and O–H groups in total. The highest BCUT2D eigenvalue weighted by Crippen LogP contribution is 2.34. The summed E-state index contributed by atoms with van der Waals surface area (Å²) in [7, 11) is 0. The molecule has 1 aliphatic carbocycles. The quantitative estimate of drug-likeness (QED) is 0.241. The molecule has 1 saturated heterocycles. The van der Waals surface area contributed by atoms with E-state index in [0.717, 1.165) is 18.6 Å². The van der Waals surface area contributed by atoms with Crippen molar-refractivity contribution < 1.29 is 19.1 Å². The van der Waals surface area contributed by atoms with Gasteiger partial charge in [-0.3, -0.25) is 15.0 Å². The molecule has 0 radical (unpaired) electrons. The maximum atomic E-state index is 14.0. The fraction of sp³-hybridized carbons (Fsp3) is 0.846. The number of nitrogens with one attached hydrogen (secondary N) is 3. The topological polar surface area (TPSA) is 138 Å². The number of thioether (sulfide) groups is 1. The number of nitrogens with zero attached hydrogens (tertiary/aromatic N) is 1. The highest BCUT2D eigenvalue weighted by Gasteiger charge is 2.47. The van der Waals surface area contributed by atoms with Gasteiger partial charge in [0.15, 0.2) is 0 Å². The minimum atomic E-state index is -0.910. The van der Waals surface area contributed by atoms with E-state index in [4.69, 9.17) is 15.9 Å². The first-order chi connectivity index (χ1) is 16.8. The van der Waals surface area contributed by atoms with Crippen LogP contribution in [0.5, 0.6) is 0 Å². The van der Waals surface area contributed by atoms with Gasteiger partial charge in [-0.1, -0.05) is 33.1 Å². The van der Waals surface area contributed by atoms with E-state index >= 15 is 0 Å². The van der Waals surface area contributed by atoms with Gasteiger partial charge in [-0.15, -0.1) is 0 Å². The van der Waals surface area contributed by atoms with E-state index in [1.807, 2.05) is 13.8 Å². The second kappa shape index (κ2) is 13.5. The van der Waals surface area contributed by atoms with Gasteiger partial charge in [-0.05, 0) is 64.5 Å². The number of ether oxygens (including phenoxy) is 1. The summed E-state index contributed by atoms with van der Waals surface area (Å²) in [6.07, 6.45) is 5.13. The van der Waals surface area contributed by atoms with Gasteiger partial charge in [0.05, 0.1) is 11.9 Å². The van der Waals surface area contributed by atoms with Crippen molar-refractivity contribution in [3.8, 4) is 0 Å². The van der Waals surface area contributed by atoms with Gasteiger partial charge < -0.3 is 26.0 Å². The molecule has 9 nitrogen and oxygen atoms in total. The van der Waals surface area contributed by atoms with Crippen molar-refractivity contribution in [2.45, 2.75) is 103 Å². The van der Waals surface area contributed by atoms with Crippen LogP contribution in [-0.4, -0.2) is 70.4 Å². The first kappa shape index (κ1) is 30.3. The van der Waals surface area contributed by atoms with Crippen LogP contribution >= 0.6 is 11.8 Å². The van der Waals surface area contributed by atoms with Gasteiger partial charge in [0.1, 0.15) is 12.1 Å². The van der Waals surface area contributed by atoms with Crippen molar-refractivity contribution in [3.63, 3.8) is 0 Å². The third-order valence-corrected chi connectivity index (χ3v) is 8.77. The Balaban J connectivity index is 2.25. The maximum Gasteiger partial charge on any atom is 0.408 e. The molecule has 0 aromatic heterocycles. The van der Waals surface area contributed by atoms with Crippen LogP contribution in [0, 0.1) is 23.2 Å². The third-order valence-electron chi connectivity index (χ3n) is 6.95. The van der Waals surface area contributed by atoms with E-state index in [-0.39, 0.29) is 30.3 Å². The van der Waals surface area contributed by atoms with Crippen LogP contribution < -0.4 is 16.4 Å². The molecule has 1 aliphatic heterocycles. The van der Waals surface area contributed by atoms with Crippen molar-refractivity contribution in [3.05, 3.63) is 0 Å². The van der Waals surface area contributed by atoms with E-state index in [2.05, 4.69) is 24.5 Å². The Morgan fingerprint density at radius 3 is 2.33 bits per heavy atom. The number of alkyl carbamates (subject to hydrolysis) is 1. The zero-order chi connectivity index (χ0) is 27.0. The van der Waals surface area contributed by atoms with Gasteiger partial charge in [0.25, 0.3) is 0 Å². The normalized spacial score (nSPS) is 21.9. The summed E-state index contributed by atoms with van der Waals surface area (Å²) >= 11 is 1.60. The molecule has 0 spiro atoms. The molecule has 2 fully saturated rings. The lowest BCUT2D eigenvalue weighted by Crippen LogP contribution is -2.60. The highest BCUT2D eigenvalue weighted by molar-refractivity contribution is 8.00. The minimum absolute atomic E-state index is 0.0347. The summed E-state index contributed by atoms with van der Waals surface area (Å²) in [5.74, 6) is 0.677. The number of hydrogen-bond donors (Lipinski definition) is 4. The summed E-state index contributed by atoms with van der Waals surface area (Å²) < 4.78 is 4.63. The zero-order valence-electron chi connectivity index (χ0n) is 22.9. The van der Waals surface area contributed by atoms with Crippen LogP contribution in [0.3, 0.4) is 0 Å². The predicted octanol–water partition coefficient (Wildman–Crippen LogP) is 3.51. The Labute approximate surface area is 220 Å². The molecular formula is C26H47N5O4S. The molecular weight excluding hydrogens is 478 g/mol. The Morgan fingerprint density at radius 1 is 1.14 bits per heavy atom. The molecule has 0 aromatic carbocycles. The van der Waals surface area contributed by atoms with Gasteiger partial charge in [-0.2, -0.15) is 11.8 Å². The summed E-state index contributed by atoms with van der Waals surface area (Å²) in [6, 6.07) is -1.64. The van der Waals surface area contributed by atoms with E-state index in [1.54, 1.807) is 25.6 Å². The first-order valence-corrected chi connectivity index (χ1v) is 14.3. The van der Waals surface area contributed by atoms with Gasteiger partial charge >= 0.3 is 6.09 Å². The van der Waals surface area contributed by atoms with Crippen LogP contribution in [0.15, 0.2) is 0 Å². The fourth-order valence-corrected chi connectivity index (χ4v) is 5.93. The summed E-state index contributed by atoms with van der Waals surface area (Å²) in [5.41, 5.74) is 5.81. The average molecular weight is 526 g/mol. The number of rotatable bonds is 11. The smallest absolute Gasteiger partial charge is 0.408 e. The molecule has 1 heterocycles. The molecule has 206 valence electrons.